The summed E-state index contributed by atoms with van der Waals surface area (Å²) in [5.74, 6) is -1.78. The Balaban J connectivity index is 3.49. The monoisotopic (exact) mass is 236 g/mol. The van der Waals surface area contributed by atoms with Crippen molar-refractivity contribution in [2.24, 2.45) is 16.2 Å². The zero-order chi connectivity index (χ0) is 13.5. The molecule has 0 N–H and O–H groups in total. The van der Waals surface area contributed by atoms with Crippen LogP contribution in [0.3, 0.4) is 0 Å². The van der Waals surface area contributed by atoms with E-state index in [2.05, 4.69) is 9.47 Å². The van der Waals surface area contributed by atoms with Gasteiger partial charge in [-0.05, 0) is 0 Å². The summed E-state index contributed by atoms with van der Waals surface area (Å²) in [6.07, 6.45) is 0. The van der Waals surface area contributed by atoms with Gasteiger partial charge in [-0.2, -0.15) is 10.5 Å². The predicted octanol–water partition coefficient (Wildman–Crippen LogP) is 0.392. The number of ether oxygens (including phenoxy) is 2. The molecule has 17 heavy (non-hydrogen) atoms. The van der Waals surface area contributed by atoms with Gasteiger partial charge in [0.15, 0.2) is 10.8 Å². The molecule has 0 spiro atoms. The number of nitrogens with zero attached hydrogens (tertiary/aromatic N) is 2. The molecule has 6 nitrogen and oxygen atoms in total. The first-order chi connectivity index (χ1) is 7.83. The Morgan fingerprint density at radius 2 is 1.24 bits per heavy atom. The fraction of sp³-hybridized carbons (Fsp3) is 0.636. The van der Waals surface area contributed by atoms with Gasteiger partial charge in [-0.15, -0.1) is 0 Å². The molecule has 0 aromatic carbocycles. The van der Waals surface area contributed by atoms with Crippen LogP contribution in [-0.4, -0.2) is 26.2 Å². The summed E-state index contributed by atoms with van der Waals surface area (Å²) < 4.78 is 9.07. The Hall–Kier alpha value is -2.08. The van der Waals surface area contributed by atoms with Crippen molar-refractivity contribution in [3.63, 3.8) is 0 Å². The molecule has 0 heterocycles. The normalized spacial score (nSPS) is 32.8. The molecule has 1 rings (SSSR count). The van der Waals surface area contributed by atoms with Crippen LogP contribution in [0.15, 0.2) is 0 Å². The summed E-state index contributed by atoms with van der Waals surface area (Å²) >= 11 is 0. The molecular formula is C11H12N2O4. The summed E-state index contributed by atoms with van der Waals surface area (Å²) in [6.45, 7) is 2.99. The number of hydrogen-bond acceptors (Lipinski definition) is 6. The van der Waals surface area contributed by atoms with E-state index in [0.29, 0.717) is 0 Å². The number of carbonyl (C=O) groups is 2. The standard InChI is InChI=1S/C11H12N2O4/c1-9(2)10(5-12,7(14)16-3)11(9,6-13)8(15)17-4/h1-4H3. The molecule has 0 aromatic rings. The van der Waals surface area contributed by atoms with Crippen LogP contribution in [0, 0.1) is 38.9 Å². The molecule has 90 valence electrons. The van der Waals surface area contributed by atoms with Gasteiger partial charge in [-0.1, -0.05) is 13.8 Å². The quantitative estimate of drug-likeness (QED) is 0.643. The van der Waals surface area contributed by atoms with Crippen LogP contribution in [0.1, 0.15) is 13.8 Å². The number of methoxy groups -OCH3 is 2. The first-order valence-electron chi connectivity index (χ1n) is 4.83. The van der Waals surface area contributed by atoms with Gasteiger partial charge in [0.1, 0.15) is 0 Å². The van der Waals surface area contributed by atoms with Crippen molar-refractivity contribution >= 4 is 11.9 Å². The molecule has 0 saturated heterocycles. The molecule has 1 fully saturated rings. The van der Waals surface area contributed by atoms with E-state index in [0.717, 1.165) is 14.2 Å². The van der Waals surface area contributed by atoms with Crippen LogP contribution in [-0.2, 0) is 19.1 Å². The smallest absolute Gasteiger partial charge is 0.329 e. The lowest BCUT2D eigenvalue weighted by Crippen LogP contribution is -2.29. The molecule has 0 aromatic heterocycles. The second kappa shape index (κ2) is 3.46. The maximum absolute atomic E-state index is 11.7. The molecule has 0 bridgehead atoms. The minimum absolute atomic E-state index is 0.892. The Bertz CT molecular complexity index is 429. The summed E-state index contributed by atoms with van der Waals surface area (Å²) in [5, 5.41) is 18.4. The van der Waals surface area contributed by atoms with Crippen LogP contribution in [0.25, 0.3) is 0 Å². The van der Waals surface area contributed by atoms with E-state index in [9.17, 15) is 20.1 Å². The zero-order valence-corrected chi connectivity index (χ0v) is 10.0. The Kier molecular flexibility index (Phi) is 2.64. The van der Waals surface area contributed by atoms with E-state index in [1.165, 1.54) is 13.8 Å². The van der Waals surface area contributed by atoms with Gasteiger partial charge < -0.3 is 9.47 Å². The third kappa shape index (κ3) is 0.980. The van der Waals surface area contributed by atoms with E-state index in [4.69, 9.17) is 0 Å². The van der Waals surface area contributed by atoms with Crippen molar-refractivity contribution in [3.8, 4) is 12.1 Å². The fourth-order valence-corrected chi connectivity index (χ4v) is 2.54. The molecule has 6 heteroatoms. The second-order valence-electron chi connectivity index (χ2n) is 4.33. The van der Waals surface area contributed by atoms with E-state index in [-0.39, 0.29) is 0 Å². The van der Waals surface area contributed by atoms with Crippen molar-refractivity contribution in [1.29, 1.82) is 10.5 Å². The maximum atomic E-state index is 11.7. The third-order valence-corrected chi connectivity index (χ3v) is 3.69. The van der Waals surface area contributed by atoms with Crippen molar-refractivity contribution in [2.45, 2.75) is 13.8 Å². The summed E-state index contributed by atoms with van der Waals surface area (Å²) in [5.41, 5.74) is -4.77. The average molecular weight is 236 g/mol. The van der Waals surface area contributed by atoms with E-state index < -0.39 is 28.2 Å². The average Bonchev–Trinajstić information content (AvgIpc) is 2.78. The first-order valence-corrected chi connectivity index (χ1v) is 4.83. The molecule has 2 unspecified atom stereocenters. The summed E-state index contributed by atoms with van der Waals surface area (Å²) in [4.78, 5) is 23.5. The van der Waals surface area contributed by atoms with Gasteiger partial charge in [0.05, 0.1) is 26.4 Å². The first kappa shape index (κ1) is 13.0. The van der Waals surface area contributed by atoms with Gasteiger partial charge in [0.2, 0.25) is 0 Å². The molecule has 1 aliphatic rings. The molecule has 1 saturated carbocycles. The highest BCUT2D eigenvalue weighted by molar-refractivity contribution is 6.02. The molecule has 1 aliphatic carbocycles. The number of carbonyl (C=O) groups excluding carboxylic acids is 2. The minimum atomic E-state index is -1.81. The lowest BCUT2D eigenvalue weighted by molar-refractivity contribution is -0.153. The van der Waals surface area contributed by atoms with Crippen molar-refractivity contribution in [3.05, 3.63) is 0 Å². The number of rotatable bonds is 2. The van der Waals surface area contributed by atoms with Crippen LogP contribution in [0.4, 0.5) is 0 Å². The largest absolute Gasteiger partial charge is 0.468 e. The molecule has 0 amide bonds. The van der Waals surface area contributed by atoms with Crippen LogP contribution >= 0.6 is 0 Å². The Morgan fingerprint density at radius 1 is 0.941 bits per heavy atom. The lowest BCUT2D eigenvalue weighted by atomic mass is 9.95. The topological polar surface area (TPSA) is 100 Å². The number of hydrogen-bond donors (Lipinski definition) is 0. The molecule has 0 radical (unpaired) electrons. The lowest BCUT2D eigenvalue weighted by Gasteiger charge is -2.09. The fourth-order valence-electron chi connectivity index (χ4n) is 2.54. The third-order valence-electron chi connectivity index (χ3n) is 3.69. The highest BCUT2D eigenvalue weighted by Crippen LogP contribution is 2.78. The summed E-state index contributed by atoms with van der Waals surface area (Å²) in [7, 11) is 2.21. The highest BCUT2D eigenvalue weighted by Gasteiger charge is 2.93. The van der Waals surface area contributed by atoms with Crippen LogP contribution in [0.2, 0.25) is 0 Å². The van der Waals surface area contributed by atoms with Crippen molar-refractivity contribution in [1.82, 2.24) is 0 Å². The highest BCUT2D eigenvalue weighted by atomic mass is 16.5. The van der Waals surface area contributed by atoms with Gasteiger partial charge in [0, 0.05) is 5.41 Å². The van der Waals surface area contributed by atoms with Gasteiger partial charge in [-0.3, -0.25) is 9.59 Å². The van der Waals surface area contributed by atoms with Crippen molar-refractivity contribution in [2.75, 3.05) is 14.2 Å². The minimum Gasteiger partial charge on any atom is -0.468 e. The van der Waals surface area contributed by atoms with E-state index in [1.807, 2.05) is 0 Å². The molecular weight excluding hydrogens is 224 g/mol. The van der Waals surface area contributed by atoms with Gasteiger partial charge >= 0.3 is 11.9 Å². The predicted molar refractivity (Wildman–Crippen MR) is 53.9 cm³/mol. The number of nitriles is 2. The Morgan fingerprint density at radius 3 is 1.41 bits per heavy atom. The zero-order valence-electron chi connectivity index (χ0n) is 10.0. The van der Waals surface area contributed by atoms with Crippen LogP contribution in [0.5, 0.6) is 0 Å². The van der Waals surface area contributed by atoms with Gasteiger partial charge in [-0.25, -0.2) is 0 Å². The van der Waals surface area contributed by atoms with E-state index >= 15 is 0 Å². The SMILES string of the molecule is COC(=O)C1(C#N)C(C)(C)C1(C#N)C(=O)OC. The molecule has 2 atom stereocenters. The second-order valence-corrected chi connectivity index (χ2v) is 4.33. The van der Waals surface area contributed by atoms with Crippen LogP contribution < -0.4 is 0 Å². The van der Waals surface area contributed by atoms with Crippen molar-refractivity contribution < 1.29 is 19.1 Å². The summed E-state index contributed by atoms with van der Waals surface area (Å²) in [6, 6.07) is 3.51. The Labute approximate surface area is 98.7 Å². The van der Waals surface area contributed by atoms with E-state index in [1.54, 1.807) is 12.1 Å². The molecule has 0 aliphatic heterocycles. The number of esters is 2. The van der Waals surface area contributed by atoms with Gasteiger partial charge in [0.25, 0.3) is 0 Å². The maximum Gasteiger partial charge on any atom is 0.329 e.